The molecular formula is C33H46O4. The van der Waals surface area contributed by atoms with Crippen molar-refractivity contribution in [3.8, 4) is 0 Å². The van der Waals surface area contributed by atoms with Crippen LogP contribution in [-0.4, -0.2) is 23.1 Å². The number of ketones is 4. The molecule has 1 aromatic carbocycles. The maximum absolute atomic E-state index is 13.3. The van der Waals surface area contributed by atoms with Gasteiger partial charge in [-0.25, -0.2) is 0 Å². The number of rotatable bonds is 11. The minimum absolute atomic E-state index is 0.0140. The first-order valence-electron chi connectivity index (χ1n) is 14.2. The number of fused-ring (bicyclic) bond motifs is 1. The molecule has 4 heteroatoms. The average molecular weight is 507 g/mol. The van der Waals surface area contributed by atoms with Crippen molar-refractivity contribution in [2.45, 2.75) is 106 Å². The number of hydrogen-bond donors (Lipinski definition) is 0. The van der Waals surface area contributed by atoms with Gasteiger partial charge >= 0.3 is 0 Å². The molecule has 0 amide bonds. The van der Waals surface area contributed by atoms with Crippen LogP contribution in [-0.2, 0) is 20.8 Å². The second-order valence-electron chi connectivity index (χ2n) is 10.9. The Bertz CT molecular complexity index is 1070. The van der Waals surface area contributed by atoms with E-state index in [0.29, 0.717) is 6.42 Å². The third-order valence-corrected chi connectivity index (χ3v) is 7.59. The number of Topliss-reactive ketones (excluding diaryl/α,β-unsaturated/α-hetero) is 4. The Kier molecular flexibility index (Phi) is 11.9. The summed E-state index contributed by atoms with van der Waals surface area (Å²) < 4.78 is 0. The Morgan fingerprint density at radius 3 is 2.27 bits per heavy atom. The van der Waals surface area contributed by atoms with Crippen molar-refractivity contribution in [1.82, 2.24) is 0 Å². The summed E-state index contributed by atoms with van der Waals surface area (Å²) in [5, 5.41) is 0. The lowest BCUT2D eigenvalue weighted by atomic mass is 9.71. The van der Waals surface area contributed by atoms with E-state index >= 15 is 0 Å². The van der Waals surface area contributed by atoms with Crippen molar-refractivity contribution in [3.05, 3.63) is 52.1 Å². The fraction of sp³-hybridized carbons (Fsp3) is 0.576. The van der Waals surface area contributed by atoms with Gasteiger partial charge in [0.25, 0.3) is 0 Å². The molecule has 0 saturated heterocycles. The molecule has 0 fully saturated rings. The predicted molar refractivity (Wildman–Crippen MR) is 152 cm³/mol. The van der Waals surface area contributed by atoms with E-state index in [9.17, 15) is 19.2 Å². The summed E-state index contributed by atoms with van der Waals surface area (Å²) in [5.74, 6) is 0.495. The fourth-order valence-corrected chi connectivity index (χ4v) is 6.14. The Labute approximate surface area is 224 Å². The van der Waals surface area contributed by atoms with Crippen LogP contribution in [0.2, 0.25) is 0 Å². The number of carbonyl (C=O) groups excluding carboxylic acids is 4. The third kappa shape index (κ3) is 7.69. The number of carbonyl (C=O) groups is 4. The molecule has 0 saturated carbocycles. The van der Waals surface area contributed by atoms with E-state index in [4.69, 9.17) is 0 Å². The van der Waals surface area contributed by atoms with Gasteiger partial charge in [0.15, 0.2) is 11.6 Å². The predicted octanol–water partition coefficient (Wildman–Crippen LogP) is 7.84. The monoisotopic (exact) mass is 506 g/mol. The summed E-state index contributed by atoms with van der Waals surface area (Å²) in [5.41, 5.74) is 5.64. The van der Waals surface area contributed by atoms with Crippen molar-refractivity contribution in [3.63, 3.8) is 0 Å². The summed E-state index contributed by atoms with van der Waals surface area (Å²) in [6.45, 7) is 13.5. The largest absolute Gasteiger partial charge is 0.300 e. The maximum Gasteiger partial charge on any atom is 0.163 e. The van der Waals surface area contributed by atoms with Gasteiger partial charge in [-0.2, -0.15) is 0 Å². The van der Waals surface area contributed by atoms with Gasteiger partial charge in [0.1, 0.15) is 11.6 Å². The Balaban J connectivity index is 0.00000153. The summed E-state index contributed by atoms with van der Waals surface area (Å²) in [6.07, 6.45) is 10.7. The number of allylic oxidation sites excluding steroid dienone is 4. The van der Waals surface area contributed by atoms with Gasteiger partial charge in [0, 0.05) is 23.5 Å². The lowest BCUT2D eigenvalue weighted by Gasteiger charge is -2.32. The van der Waals surface area contributed by atoms with Crippen LogP contribution in [0.1, 0.15) is 120 Å². The summed E-state index contributed by atoms with van der Waals surface area (Å²) in [7, 11) is 0. The smallest absolute Gasteiger partial charge is 0.163 e. The van der Waals surface area contributed by atoms with Gasteiger partial charge in [-0.15, -0.1) is 0 Å². The highest BCUT2D eigenvalue weighted by atomic mass is 16.1. The van der Waals surface area contributed by atoms with Crippen LogP contribution in [0, 0.1) is 24.7 Å². The molecule has 0 heterocycles. The molecule has 202 valence electrons. The van der Waals surface area contributed by atoms with Gasteiger partial charge in [-0.1, -0.05) is 71.2 Å². The minimum atomic E-state index is -0.115. The molecule has 0 aliphatic heterocycles. The highest BCUT2D eigenvalue weighted by Crippen LogP contribution is 2.39. The Hall–Kier alpha value is -2.62. The van der Waals surface area contributed by atoms with E-state index < -0.39 is 0 Å². The lowest BCUT2D eigenvalue weighted by Crippen LogP contribution is -2.30. The fourth-order valence-electron chi connectivity index (χ4n) is 6.14. The molecule has 0 spiro atoms. The van der Waals surface area contributed by atoms with Gasteiger partial charge in [-0.05, 0) is 80.6 Å². The first-order chi connectivity index (χ1) is 17.6. The first kappa shape index (κ1) is 30.6. The molecule has 0 aromatic heterocycles. The third-order valence-electron chi connectivity index (χ3n) is 7.59. The maximum atomic E-state index is 13.3. The van der Waals surface area contributed by atoms with Crippen LogP contribution in [0.15, 0.2) is 29.9 Å². The highest BCUT2D eigenvalue weighted by Gasteiger charge is 2.33. The molecule has 37 heavy (non-hydrogen) atoms. The quantitative estimate of drug-likeness (QED) is 0.287. The molecule has 4 nitrogen and oxygen atoms in total. The van der Waals surface area contributed by atoms with E-state index in [1.165, 1.54) is 13.3 Å². The first-order valence-corrected chi connectivity index (χ1v) is 14.2. The van der Waals surface area contributed by atoms with Gasteiger partial charge in [0.05, 0.1) is 6.42 Å². The van der Waals surface area contributed by atoms with Crippen LogP contribution < -0.4 is 0 Å². The second-order valence-corrected chi connectivity index (χ2v) is 10.9. The van der Waals surface area contributed by atoms with Gasteiger partial charge in [0.2, 0.25) is 0 Å². The molecule has 1 aromatic rings. The van der Waals surface area contributed by atoms with Crippen molar-refractivity contribution >= 4 is 28.7 Å². The molecule has 3 atom stereocenters. The van der Waals surface area contributed by atoms with Crippen LogP contribution in [0.5, 0.6) is 0 Å². The highest BCUT2D eigenvalue weighted by molar-refractivity contribution is 6.07. The van der Waals surface area contributed by atoms with Crippen molar-refractivity contribution in [2.75, 3.05) is 0 Å². The minimum Gasteiger partial charge on any atom is -0.300 e. The van der Waals surface area contributed by atoms with Crippen molar-refractivity contribution in [2.24, 2.45) is 17.8 Å². The molecule has 2 aliphatic rings. The van der Waals surface area contributed by atoms with Crippen LogP contribution in [0.3, 0.4) is 0 Å². The summed E-state index contributed by atoms with van der Waals surface area (Å²) >= 11 is 0. The van der Waals surface area contributed by atoms with E-state index in [1.807, 2.05) is 26.0 Å². The van der Waals surface area contributed by atoms with Crippen LogP contribution >= 0.6 is 0 Å². The van der Waals surface area contributed by atoms with Gasteiger partial charge < -0.3 is 0 Å². The van der Waals surface area contributed by atoms with Crippen molar-refractivity contribution < 1.29 is 19.2 Å². The van der Waals surface area contributed by atoms with E-state index in [1.54, 1.807) is 6.92 Å². The zero-order valence-corrected chi connectivity index (χ0v) is 24.0. The Morgan fingerprint density at radius 1 is 1.03 bits per heavy atom. The zero-order valence-electron chi connectivity index (χ0n) is 24.0. The van der Waals surface area contributed by atoms with Crippen molar-refractivity contribution in [1.29, 1.82) is 0 Å². The summed E-state index contributed by atoms with van der Waals surface area (Å²) in [4.78, 5) is 49.7. The van der Waals surface area contributed by atoms with Crippen LogP contribution in [0.4, 0.5) is 0 Å². The van der Waals surface area contributed by atoms with Crippen LogP contribution in [0.25, 0.3) is 5.57 Å². The van der Waals surface area contributed by atoms with E-state index in [-0.39, 0.29) is 47.3 Å². The van der Waals surface area contributed by atoms with E-state index in [0.717, 1.165) is 71.9 Å². The normalized spacial score (nSPS) is 18.1. The zero-order chi connectivity index (χ0) is 27.7. The molecular weight excluding hydrogens is 460 g/mol. The summed E-state index contributed by atoms with van der Waals surface area (Å²) in [6, 6.07) is 4.14. The van der Waals surface area contributed by atoms with E-state index in [2.05, 4.69) is 32.9 Å². The lowest BCUT2D eigenvalue weighted by molar-refractivity contribution is -0.130. The SMILES string of the molecule is CCC.CCCC(CC1CC(=O)c2c(ccc(C3=C(C(C)=O)C=CC3)c2C)C1)C(CC)C(=O)CC(C)=O. The standard InChI is InChI=1S/C30H38O4.C3H8/c1-6-9-22(24(7-2)28(33)14-18(3)31)15-21-16-23-12-13-25(19(4)30(23)29(34)17-21)27-11-8-10-26(27)20(5)32;1-3-2/h8,10,12-13,21-22,24H,6-7,9,11,14-17H2,1-5H3;3H2,1-2H3. The molecule has 3 unspecified atom stereocenters. The topological polar surface area (TPSA) is 68.3 Å². The molecule has 2 aliphatic carbocycles. The van der Waals surface area contributed by atoms with Gasteiger partial charge in [-0.3, -0.25) is 19.2 Å². The number of hydrogen-bond acceptors (Lipinski definition) is 4. The molecule has 3 rings (SSSR count). The second kappa shape index (κ2) is 14.4. The Morgan fingerprint density at radius 2 is 1.70 bits per heavy atom. The molecule has 0 radical (unpaired) electrons. The molecule has 0 bridgehead atoms. The molecule has 0 N–H and O–H groups in total. The average Bonchev–Trinajstić information content (AvgIpc) is 3.30. The number of benzene rings is 1.